The first-order valence-corrected chi connectivity index (χ1v) is 7.35. The van der Waals surface area contributed by atoms with Crippen LogP contribution in [0, 0.1) is 24.1 Å². The molecule has 1 aromatic carbocycles. The highest BCUT2D eigenvalue weighted by molar-refractivity contribution is 8.13. The standard InChI is InChI=1S/C11H7ClFN3O2S/c1-7-4-9(13)2-3-10(7)16-11(19(12,17)18)8(5-14)6-15-16/h2-4,6H,1H3. The summed E-state index contributed by atoms with van der Waals surface area (Å²) in [5.74, 6) is -0.454. The van der Waals surface area contributed by atoms with Crippen molar-refractivity contribution in [1.29, 1.82) is 5.26 Å². The number of halogens is 2. The van der Waals surface area contributed by atoms with Crippen molar-refractivity contribution < 1.29 is 12.8 Å². The molecule has 1 aromatic heterocycles. The minimum absolute atomic E-state index is 0.168. The number of hydrogen-bond acceptors (Lipinski definition) is 4. The van der Waals surface area contributed by atoms with Crippen LogP contribution in [0.5, 0.6) is 0 Å². The molecule has 2 aromatic rings. The number of nitrogens with zero attached hydrogens (tertiary/aromatic N) is 3. The summed E-state index contributed by atoms with van der Waals surface area (Å²) in [6.45, 7) is 1.59. The van der Waals surface area contributed by atoms with Gasteiger partial charge in [-0.05, 0) is 30.7 Å². The van der Waals surface area contributed by atoms with E-state index in [-0.39, 0.29) is 5.56 Å². The summed E-state index contributed by atoms with van der Waals surface area (Å²) in [7, 11) is 1.16. The number of rotatable bonds is 2. The molecule has 0 aliphatic carbocycles. The molecule has 0 saturated carbocycles. The number of benzene rings is 1. The lowest BCUT2D eigenvalue weighted by atomic mass is 10.2. The van der Waals surface area contributed by atoms with Crippen molar-refractivity contribution in [2.75, 3.05) is 0 Å². The molecule has 0 spiro atoms. The predicted octanol–water partition coefficient (Wildman–Crippen LogP) is 2.12. The second-order valence-electron chi connectivity index (χ2n) is 3.76. The van der Waals surface area contributed by atoms with Gasteiger partial charge in [-0.25, -0.2) is 17.5 Å². The molecular formula is C11H7ClFN3O2S. The van der Waals surface area contributed by atoms with Crippen LogP contribution in [0.25, 0.3) is 5.69 Å². The van der Waals surface area contributed by atoms with E-state index in [1.807, 2.05) is 0 Å². The molecule has 2 rings (SSSR count). The Morgan fingerprint density at radius 3 is 2.68 bits per heavy atom. The molecule has 0 N–H and O–H groups in total. The van der Waals surface area contributed by atoms with Gasteiger partial charge in [0.25, 0.3) is 9.05 Å². The normalized spacial score (nSPS) is 11.3. The molecule has 0 aliphatic rings. The van der Waals surface area contributed by atoms with Gasteiger partial charge in [0.2, 0.25) is 0 Å². The van der Waals surface area contributed by atoms with Crippen LogP contribution in [-0.4, -0.2) is 18.2 Å². The van der Waals surface area contributed by atoms with Crippen LogP contribution in [0.4, 0.5) is 4.39 Å². The van der Waals surface area contributed by atoms with Gasteiger partial charge in [-0.3, -0.25) is 0 Å². The number of aryl methyl sites for hydroxylation is 1. The zero-order valence-corrected chi connectivity index (χ0v) is 11.2. The highest BCUT2D eigenvalue weighted by Crippen LogP contribution is 2.24. The van der Waals surface area contributed by atoms with E-state index in [2.05, 4.69) is 5.10 Å². The van der Waals surface area contributed by atoms with E-state index in [0.717, 1.165) is 10.9 Å². The SMILES string of the molecule is Cc1cc(F)ccc1-n1ncc(C#N)c1S(=O)(=O)Cl. The first-order valence-electron chi connectivity index (χ1n) is 5.04. The molecule has 0 unspecified atom stereocenters. The quantitative estimate of drug-likeness (QED) is 0.796. The van der Waals surface area contributed by atoms with Crippen molar-refractivity contribution in [1.82, 2.24) is 9.78 Å². The van der Waals surface area contributed by atoms with Crippen molar-refractivity contribution in [2.45, 2.75) is 11.9 Å². The number of aromatic nitrogens is 2. The highest BCUT2D eigenvalue weighted by Gasteiger charge is 2.24. The summed E-state index contributed by atoms with van der Waals surface area (Å²) in [6, 6.07) is 5.46. The average molecular weight is 300 g/mol. The predicted molar refractivity (Wildman–Crippen MR) is 66.0 cm³/mol. The van der Waals surface area contributed by atoms with E-state index in [1.165, 1.54) is 18.2 Å². The third kappa shape index (κ3) is 2.45. The van der Waals surface area contributed by atoms with Gasteiger partial charge >= 0.3 is 0 Å². The largest absolute Gasteiger partial charge is 0.280 e. The molecule has 1 heterocycles. The van der Waals surface area contributed by atoms with E-state index >= 15 is 0 Å². The topological polar surface area (TPSA) is 75.8 Å². The molecule has 0 amide bonds. The Labute approximate surface area is 113 Å². The Bertz CT molecular complexity index is 793. The lowest BCUT2D eigenvalue weighted by Gasteiger charge is -2.08. The van der Waals surface area contributed by atoms with Crippen molar-refractivity contribution in [3.05, 3.63) is 41.3 Å². The molecule has 19 heavy (non-hydrogen) atoms. The van der Waals surface area contributed by atoms with Crippen molar-refractivity contribution in [3.63, 3.8) is 0 Å². The van der Waals surface area contributed by atoms with E-state index in [9.17, 15) is 12.8 Å². The fraction of sp³-hybridized carbons (Fsp3) is 0.0909. The van der Waals surface area contributed by atoms with Crippen LogP contribution in [0.3, 0.4) is 0 Å². The van der Waals surface area contributed by atoms with Gasteiger partial charge in [0.05, 0.1) is 11.9 Å². The first-order chi connectivity index (χ1) is 8.84. The minimum Gasteiger partial charge on any atom is -0.219 e. The van der Waals surface area contributed by atoms with E-state index in [1.54, 1.807) is 13.0 Å². The van der Waals surface area contributed by atoms with E-state index in [4.69, 9.17) is 15.9 Å². The van der Waals surface area contributed by atoms with Gasteiger partial charge in [0, 0.05) is 10.7 Å². The molecule has 98 valence electrons. The van der Waals surface area contributed by atoms with Crippen LogP contribution >= 0.6 is 10.7 Å². The van der Waals surface area contributed by atoms with Gasteiger partial charge in [-0.15, -0.1) is 0 Å². The summed E-state index contributed by atoms with van der Waals surface area (Å²) in [5.41, 5.74) is 0.634. The highest BCUT2D eigenvalue weighted by atomic mass is 35.7. The molecule has 0 saturated heterocycles. The summed E-state index contributed by atoms with van der Waals surface area (Å²) in [5, 5.41) is 12.3. The Morgan fingerprint density at radius 1 is 1.47 bits per heavy atom. The summed E-state index contributed by atoms with van der Waals surface area (Å²) in [6.07, 6.45) is 1.10. The fourth-order valence-electron chi connectivity index (χ4n) is 1.68. The zero-order chi connectivity index (χ0) is 14.2. The van der Waals surface area contributed by atoms with Crippen LogP contribution in [0.2, 0.25) is 0 Å². The first kappa shape index (κ1) is 13.5. The second-order valence-corrected chi connectivity index (χ2v) is 6.24. The van der Waals surface area contributed by atoms with Gasteiger partial charge in [-0.1, -0.05) is 0 Å². The Morgan fingerprint density at radius 2 is 2.16 bits per heavy atom. The molecule has 8 heteroatoms. The summed E-state index contributed by atoms with van der Waals surface area (Å²) < 4.78 is 37.1. The van der Waals surface area contributed by atoms with Crippen LogP contribution < -0.4 is 0 Å². The van der Waals surface area contributed by atoms with E-state index < -0.39 is 19.9 Å². The maximum Gasteiger partial charge on any atom is 0.280 e. The Kier molecular flexibility index (Phi) is 3.30. The molecule has 5 nitrogen and oxygen atoms in total. The lowest BCUT2D eigenvalue weighted by Crippen LogP contribution is -2.07. The Hall–Kier alpha value is -1.91. The number of nitriles is 1. The number of hydrogen-bond donors (Lipinski definition) is 0. The molecule has 0 radical (unpaired) electrons. The average Bonchev–Trinajstić information content (AvgIpc) is 2.72. The third-order valence-electron chi connectivity index (χ3n) is 2.46. The molecule has 0 bridgehead atoms. The van der Waals surface area contributed by atoms with Gasteiger partial charge < -0.3 is 0 Å². The summed E-state index contributed by atoms with van der Waals surface area (Å²) in [4.78, 5) is 0. The van der Waals surface area contributed by atoms with Crippen LogP contribution in [-0.2, 0) is 9.05 Å². The monoisotopic (exact) mass is 299 g/mol. The van der Waals surface area contributed by atoms with Gasteiger partial charge in [-0.2, -0.15) is 10.4 Å². The smallest absolute Gasteiger partial charge is 0.219 e. The van der Waals surface area contributed by atoms with Crippen LogP contribution in [0.1, 0.15) is 11.1 Å². The van der Waals surface area contributed by atoms with Crippen molar-refractivity contribution >= 4 is 19.7 Å². The molecular weight excluding hydrogens is 293 g/mol. The van der Waals surface area contributed by atoms with Crippen molar-refractivity contribution in [3.8, 4) is 11.8 Å². The molecule has 0 atom stereocenters. The summed E-state index contributed by atoms with van der Waals surface area (Å²) >= 11 is 0. The second kappa shape index (κ2) is 4.64. The lowest BCUT2D eigenvalue weighted by molar-refractivity contribution is 0.599. The molecule has 0 fully saturated rings. The Balaban J connectivity index is 2.78. The maximum absolute atomic E-state index is 13.0. The fourth-order valence-corrected chi connectivity index (χ4v) is 2.84. The van der Waals surface area contributed by atoms with Gasteiger partial charge in [0.15, 0.2) is 5.03 Å². The van der Waals surface area contributed by atoms with Crippen molar-refractivity contribution in [2.24, 2.45) is 0 Å². The maximum atomic E-state index is 13.0. The van der Waals surface area contributed by atoms with Gasteiger partial charge in [0.1, 0.15) is 17.4 Å². The van der Waals surface area contributed by atoms with Crippen LogP contribution in [0.15, 0.2) is 29.4 Å². The van der Waals surface area contributed by atoms with E-state index in [0.29, 0.717) is 11.3 Å². The third-order valence-corrected chi connectivity index (χ3v) is 3.76. The zero-order valence-electron chi connectivity index (χ0n) is 9.63. The molecule has 0 aliphatic heterocycles. The minimum atomic E-state index is -4.15.